The molecule has 0 radical (unpaired) electrons. The Hall–Kier alpha value is -2.03. The summed E-state index contributed by atoms with van der Waals surface area (Å²) in [6.45, 7) is 2.01. The van der Waals surface area contributed by atoms with E-state index in [4.69, 9.17) is 9.84 Å². The maximum atomic E-state index is 10.7. The average molecular weight is 230 g/mol. The number of carbonyl (C=O) groups is 1. The highest BCUT2D eigenvalue weighted by Crippen LogP contribution is 2.29. The Morgan fingerprint density at radius 2 is 2.06 bits per heavy atom. The van der Waals surface area contributed by atoms with Crippen molar-refractivity contribution in [3.63, 3.8) is 0 Å². The van der Waals surface area contributed by atoms with Gasteiger partial charge in [-0.05, 0) is 29.5 Å². The molecule has 0 bridgehead atoms. The van der Waals surface area contributed by atoms with Crippen LogP contribution in [-0.4, -0.2) is 18.2 Å². The van der Waals surface area contributed by atoms with Crippen molar-refractivity contribution >= 4 is 16.7 Å². The highest BCUT2D eigenvalue weighted by atomic mass is 16.5. The first-order valence-electron chi connectivity index (χ1n) is 5.40. The second-order valence-corrected chi connectivity index (χ2v) is 4.04. The van der Waals surface area contributed by atoms with Crippen LogP contribution in [0.5, 0.6) is 5.75 Å². The lowest BCUT2D eigenvalue weighted by Gasteiger charge is -2.10. The van der Waals surface area contributed by atoms with Crippen LogP contribution in [0.2, 0.25) is 0 Å². The van der Waals surface area contributed by atoms with Gasteiger partial charge in [-0.2, -0.15) is 0 Å². The van der Waals surface area contributed by atoms with Gasteiger partial charge in [0.05, 0.1) is 13.5 Å². The van der Waals surface area contributed by atoms with Gasteiger partial charge in [-0.3, -0.25) is 4.79 Å². The molecule has 3 nitrogen and oxygen atoms in total. The zero-order chi connectivity index (χ0) is 12.4. The smallest absolute Gasteiger partial charge is 0.307 e. The summed E-state index contributed by atoms with van der Waals surface area (Å²) < 4.78 is 5.31. The van der Waals surface area contributed by atoms with Crippen molar-refractivity contribution in [1.82, 2.24) is 0 Å². The van der Waals surface area contributed by atoms with Gasteiger partial charge < -0.3 is 9.84 Å². The van der Waals surface area contributed by atoms with E-state index in [0.717, 1.165) is 27.6 Å². The largest absolute Gasteiger partial charge is 0.496 e. The predicted molar refractivity (Wildman–Crippen MR) is 66.6 cm³/mol. The van der Waals surface area contributed by atoms with Gasteiger partial charge in [0, 0.05) is 5.39 Å². The third-order valence-electron chi connectivity index (χ3n) is 2.81. The minimum Gasteiger partial charge on any atom is -0.496 e. The Labute approximate surface area is 99.6 Å². The lowest BCUT2D eigenvalue weighted by atomic mass is 10.0. The van der Waals surface area contributed by atoms with E-state index in [1.165, 1.54) is 0 Å². The molecule has 88 valence electrons. The molecular weight excluding hydrogens is 216 g/mol. The Bertz CT molecular complexity index is 573. The van der Waals surface area contributed by atoms with E-state index in [0.29, 0.717) is 0 Å². The molecule has 0 aliphatic heterocycles. The molecule has 2 aromatic rings. The molecule has 2 rings (SSSR count). The van der Waals surface area contributed by atoms with Crippen molar-refractivity contribution in [1.29, 1.82) is 0 Å². The molecule has 0 heterocycles. The number of carboxylic acid groups (broad SMARTS) is 1. The van der Waals surface area contributed by atoms with E-state index in [2.05, 4.69) is 0 Å². The summed E-state index contributed by atoms with van der Waals surface area (Å²) in [5.74, 6) is -0.109. The monoisotopic (exact) mass is 230 g/mol. The van der Waals surface area contributed by atoms with Crippen LogP contribution in [0.4, 0.5) is 0 Å². The van der Waals surface area contributed by atoms with Gasteiger partial charge in [-0.25, -0.2) is 0 Å². The van der Waals surface area contributed by atoms with Crippen molar-refractivity contribution in [2.24, 2.45) is 0 Å². The number of hydrogen-bond acceptors (Lipinski definition) is 2. The molecule has 0 aliphatic rings. The van der Waals surface area contributed by atoms with Gasteiger partial charge in [0.2, 0.25) is 0 Å². The molecule has 0 amide bonds. The number of benzene rings is 2. The fraction of sp³-hybridized carbons (Fsp3) is 0.214. The summed E-state index contributed by atoms with van der Waals surface area (Å²) in [7, 11) is 1.60. The second-order valence-electron chi connectivity index (χ2n) is 4.04. The van der Waals surface area contributed by atoms with E-state index in [9.17, 15) is 4.79 Å². The molecule has 0 spiro atoms. The second kappa shape index (κ2) is 4.45. The number of hydrogen-bond donors (Lipinski definition) is 1. The minimum absolute atomic E-state index is 0.0145. The van der Waals surface area contributed by atoms with E-state index in [1.54, 1.807) is 13.2 Å². The Morgan fingerprint density at radius 1 is 1.29 bits per heavy atom. The number of fused-ring (bicyclic) bond motifs is 1. The highest BCUT2D eigenvalue weighted by Gasteiger charge is 2.08. The molecule has 0 aromatic heterocycles. The van der Waals surface area contributed by atoms with Crippen molar-refractivity contribution in [3.05, 3.63) is 41.5 Å². The molecule has 0 saturated heterocycles. The summed E-state index contributed by atoms with van der Waals surface area (Å²) in [6, 6.07) is 9.66. The Morgan fingerprint density at radius 3 is 2.71 bits per heavy atom. The minimum atomic E-state index is -0.833. The highest BCUT2D eigenvalue weighted by molar-refractivity contribution is 5.92. The van der Waals surface area contributed by atoms with E-state index in [1.807, 2.05) is 31.2 Å². The van der Waals surface area contributed by atoms with Crippen LogP contribution < -0.4 is 4.74 Å². The van der Waals surface area contributed by atoms with Crippen LogP contribution in [0.15, 0.2) is 30.3 Å². The Kier molecular flexibility index (Phi) is 3.00. The molecule has 0 fully saturated rings. The molecule has 1 N–H and O–H groups in total. The first kappa shape index (κ1) is 11.5. The fourth-order valence-electron chi connectivity index (χ4n) is 2.01. The molecule has 17 heavy (non-hydrogen) atoms. The molecule has 3 heteroatoms. The summed E-state index contributed by atoms with van der Waals surface area (Å²) in [4.78, 5) is 10.7. The zero-order valence-electron chi connectivity index (χ0n) is 9.86. The third kappa shape index (κ3) is 2.23. The SMILES string of the molecule is COc1cc(CC(=O)O)cc2c(C)cccc12. The maximum Gasteiger partial charge on any atom is 0.307 e. The van der Waals surface area contributed by atoms with E-state index < -0.39 is 5.97 Å². The Balaban J connectivity index is 2.67. The number of methoxy groups -OCH3 is 1. The zero-order valence-corrected chi connectivity index (χ0v) is 9.86. The summed E-state index contributed by atoms with van der Waals surface area (Å²) in [6.07, 6.45) is 0.0145. The van der Waals surface area contributed by atoms with E-state index in [-0.39, 0.29) is 6.42 Å². The normalized spacial score (nSPS) is 10.5. The van der Waals surface area contributed by atoms with Gasteiger partial charge in [0.1, 0.15) is 5.75 Å². The summed E-state index contributed by atoms with van der Waals surface area (Å²) in [5, 5.41) is 10.9. The maximum absolute atomic E-state index is 10.7. The third-order valence-corrected chi connectivity index (χ3v) is 2.81. The van der Waals surface area contributed by atoms with Gasteiger partial charge in [-0.1, -0.05) is 24.3 Å². The van der Waals surface area contributed by atoms with Crippen LogP contribution in [0.3, 0.4) is 0 Å². The molecular formula is C14H14O3. The molecule has 0 aliphatic carbocycles. The van der Waals surface area contributed by atoms with Crippen LogP contribution >= 0.6 is 0 Å². The standard InChI is InChI=1S/C14H14O3/c1-9-4-3-5-11-12(9)6-10(8-14(15)16)7-13(11)17-2/h3-7H,8H2,1-2H3,(H,15,16). The number of ether oxygens (including phenoxy) is 1. The lowest BCUT2D eigenvalue weighted by Crippen LogP contribution is -2.00. The van der Waals surface area contributed by atoms with Gasteiger partial charge in [0.15, 0.2) is 0 Å². The van der Waals surface area contributed by atoms with Crippen molar-refractivity contribution in [2.45, 2.75) is 13.3 Å². The lowest BCUT2D eigenvalue weighted by molar-refractivity contribution is -0.136. The summed E-state index contributed by atoms with van der Waals surface area (Å²) >= 11 is 0. The van der Waals surface area contributed by atoms with Gasteiger partial charge in [-0.15, -0.1) is 0 Å². The number of aryl methyl sites for hydroxylation is 1. The molecule has 0 unspecified atom stereocenters. The quantitative estimate of drug-likeness (QED) is 0.881. The van der Waals surface area contributed by atoms with Crippen LogP contribution in [-0.2, 0) is 11.2 Å². The van der Waals surface area contributed by atoms with Crippen LogP contribution in [0.25, 0.3) is 10.8 Å². The van der Waals surface area contributed by atoms with Crippen molar-refractivity contribution in [2.75, 3.05) is 7.11 Å². The van der Waals surface area contributed by atoms with Crippen molar-refractivity contribution < 1.29 is 14.6 Å². The van der Waals surface area contributed by atoms with Gasteiger partial charge >= 0.3 is 5.97 Å². The summed E-state index contributed by atoms with van der Waals surface area (Å²) in [5.41, 5.74) is 1.88. The first-order valence-corrected chi connectivity index (χ1v) is 5.40. The van der Waals surface area contributed by atoms with E-state index >= 15 is 0 Å². The predicted octanol–water partition coefficient (Wildman–Crippen LogP) is 2.78. The molecule has 2 aromatic carbocycles. The van der Waals surface area contributed by atoms with Crippen LogP contribution in [0.1, 0.15) is 11.1 Å². The average Bonchev–Trinajstić information content (AvgIpc) is 2.28. The first-order chi connectivity index (χ1) is 8.11. The number of rotatable bonds is 3. The molecule has 0 atom stereocenters. The fourth-order valence-corrected chi connectivity index (χ4v) is 2.01. The number of aliphatic carboxylic acids is 1. The topological polar surface area (TPSA) is 46.5 Å². The van der Waals surface area contributed by atoms with Crippen molar-refractivity contribution in [3.8, 4) is 5.75 Å². The molecule has 0 saturated carbocycles. The van der Waals surface area contributed by atoms with Crippen LogP contribution in [0, 0.1) is 6.92 Å². The number of carboxylic acids is 1. The van der Waals surface area contributed by atoms with Gasteiger partial charge in [0.25, 0.3) is 0 Å².